The van der Waals surface area contributed by atoms with Crippen molar-refractivity contribution in [2.24, 2.45) is 5.73 Å². The van der Waals surface area contributed by atoms with Gasteiger partial charge >= 0.3 is 0 Å². The summed E-state index contributed by atoms with van der Waals surface area (Å²) in [4.78, 5) is 2.38. The molecule has 1 aromatic carbocycles. The van der Waals surface area contributed by atoms with Crippen molar-refractivity contribution in [1.29, 1.82) is 5.41 Å². The average molecular weight is 275 g/mol. The number of rotatable bonds is 3. The van der Waals surface area contributed by atoms with E-state index in [1.807, 2.05) is 24.3 Å². The molecule has 1 heterocycles. The van der Waals surface area contributed by atoms with Crippen LogP contribution < -0.4 is 5.73 Å². The summed E-state index contributed by atoms with van der Waals surface area (Å²) < 4.78 is 6.10. The Morgan fingerprint density at radius 1 is 1.20 bits per heavy atom. The molecule has 0 saturated carbocycles. The zero-order valence-corrected chi connectivity index (χ0v) is 12.9. The Balaban J connectivity index is 2.20. The van der Waals surface area contributed by atoms with Crippen molar-refractivity contribution in [2.75, 3.05) is 13.1 Å². The number of nitrogens with two attached hydrogens (primary N) is 1. The predicted molar refractivity (Wildman–Crippen MR) is 82.0 cm³/mol. The SMILES string of the molecule is CC1(C)CN(Cc2ccccc2C(=N)N)CC(C)(C)O1. The monoisotopic (exact) mass is 275 g/mol. The zero-order chi connectivity index (χ0) is 15.0. The Morgan fingerprint density at radius 3 is 2.30 bits per heavy atom. The maximum atomic E-state index is 7.68. The average Bonchev–Trinajstić information content (AvgIpc) is 2.24. The fourth-order valence-corrected chi connectivity index (χ4v) is 3.22. The number of hydrogen-bond acceptors (Lipinski definition) is 3. The van der Waals surface area contributed by atoms with E-state index in [0.717, 1.165) is 30.8 Å². The van der Waals surface area contributed by atoms with Crippen LogP contribution in [0.25, 0.3) is 0 Å². The van der Waals surface area contributed by atoms with E-state index in [1.54, 1.807) is 0 Å². The summed E-state index contributed by atoms with van der Waals surface area (Å²) in [5.41, 5.74) is 7.28. The number of nitrogens with zero attached hydrogens (tertiary/aromatic N) is 1. The van der Waals surface area contributed by atoms with E-state index in [9.17, 15) is 0 Å². The Kier molecular flexibility index (Phi) is 3.89. The first-order valence-corrected chi connectivity index (χ1v) is 7.03. The number of nitrogen functional groups attached to an aromatic ring is 1. The molecular weight excluding hydrogens is 250 g/mol. The minimum atomic E-state index is -0.160. The fourth-order valence-electron chi connectivity index (χ4n) is 3.22. The summed E-state index contributed by atoms with van der Waals surface area (Å²) in [6, 6.07) is 7.88. The predicted octanol–water partition coefficient (Wildman–Crippen LogP) is 2.36. The number of nitrogens with one attached hydrogen (secondary N) is 1. The number of benzene rings is 1. The van der Waals surface area contributed by atoms with Crippen LogP contribution in [0.2, 0.25) is 0 Å². The molecule has 0 radical (unpaired) electrons. The number of hydrogen-bond donors (Lipinski definition) is 2. The molecule has 2 rings (SSSR count). The third-order valence-electron chi connectivity index (χ3n) is 3.46. The van der Waals surface area contributed by atoms with Gasteiger partial charge in [-0.25, -0.2) is 0 Å². The molecule has 0 aliphatic carbocycles. The molecule has 4 heteroatoms. The molecule has 1 aromatic rings. The molecule has 0 amide bonds. The van der Waals surface area contributed by atoms with E-state index in [4.69, 9.17) is 15.9 Å². The third kappa shape index (κ3) is 3.58. The van der Waals surface area contributed by atoms with Crippen molar-refractivity contribution in [3.05, 3.63) is 35.4 Å². The van der Waals surface area contributed by atoms with Crippen LogP contribution >= 0.6 is 0 Å². The van der Waals surface area contributed by atoms with E-state index < -0.39 is 0 Å². The van der Waals surface area contributed by atoms with Crippen molar-refractivity contribution in [1.82, 2.24) is 4.90 Å². The molecule has 3 N–H and O–H groups in total. The van der Waals surface area contributed by atoms with Gasteiger partial charge in [0.25, 0.3) is 0 Å². The van der Waals surface area contributed by atoms with Gasteiger partial charge in [-0.1, -0.05) is 24.3 Å². The highest BCUT2D eigenvalue weighted by Gasteiger charge is 2.38. The maximum absolute atomic E-state index is 7.68. The van der Waals surface area contributed by atoms with Crippen LogP contribution in [0.4, 0.5) is 0 Å². The highest BCUT2D eigenvalue weighted by Crippen LogP contribution is 2.29. The molecule has 20 heavy (non-hydrogen) atoms. The lowest BCUT2D eigenvalue weighted by atomic mass is 9.97. The summed E-state index contributed by atoms with van der Waals surface area (Å²) >= 11 is 0. The van der Waals surface area contributed by atoms with Crippen LogP contribution in [0.5, 0.6) is 0 Å². The van der Waals surface area contributed by atoms with E-state index >= 15 is 0 Å². The van der Waals surface area contributed by atoms with Crippen molar-refractivity contribution in [2.45, 2.75) is 45.4 Å². The van der Waals surface area contributed by atoms with Crippen molar-refractivity contribution >= 4 is 5.84 Å². The highest BCUT2D eigenvalue weighted by molar-refractivity contribution is 5.96. The van der Waals surface area contributed by atoms with Gasteiger partial charge in [-0.15, -0.1) is 0 Å². The second-order valence-electron chi connectivity index (χ2n) is 6.84. The van der Waals surface area contributed by atoms with E-state index in [-0.39, 0.29) is 17.0 Å². The zero-order valence-electron chi connectivity index (χ0n) is 12.9. The fraction of sp³-hybridized carbons (Fsp3) is 0.562. The van der Waals surface area contributed by atoms with Gasteiger partial charge in [0.2, 0.25) is 0 Å². The normalized spacial score (nSPS) is 21.6. The van der Waals surface area contributed by atoms with E-state index in [1.165, 1.54) is 0 Å². The molecule has 110 valence electrons. The van der Waals surface area contributed by atoms with Crippen LogP contribution in [-0.2, 0) is 11.3 Å². The van der Waals surface area contributed by atoms with Crippen molar-refractivity contribution < 1.29 is 4.74 Å². The summed E-state index contributed by atoms with van der Waals surface area (Å²) in [6.07, 6.45) is 0. The molecule has 0 spiro atoms. The van der Waals surface area contributed by atoms with Gasteiger partial charge in [-0.05, 0) is 33.3 Å². The van der Waals surface area contributed by atoms with Crippen LogP contribution in [0.15, 0.2) is 24.3 Å². The van der Waals surface area contributed by atoms with Crippen molar-refractivity contribution in [3.8, 4) is 0 Å². The first-order valence-electron chi connectivity index (χ1n) is 7.03. The summed E-state index contributed by atoms with van der Waals surface area (Å²) in [7, 11) is 0. The lowest BCUT2D eigenvalue weighted by Gasteiger charge is -2.47. The van der Waals surface area contributed by atoms with E-state index in [2.05, 4.69) is 32.6 Å². The summed E-state index contributed by atoms with van der Waals surface area (Å²) in [5.74, 6) is 0.132. The highest BCUT2D eigenvalue weighted by atomic mass is 16.5. The van der Waals surface area contributed by atoms with Gasteiger partial charge in [0.05, 0.1) is 11.2 Å². The van der Waals surface area contributed by atoms with Gasteiger partial charge in [0.1, 0.15) is 5.84 Å². The first kappa shape index (κ1) is 15.0. The molecule has 1 fully saturated rings. The lowest BCUT2D eigenvalue weighted by molar-refractivity contribution is -0.182. The topological polar surface area (TPSA) is 62.3 Å². The quantitative estimate of drug-likeness (QED) is 0.657. The summed E-state index contributed by atoms with van der Waals surface area (Å²) in [6.45, 7) is 11.0. The minimum Gasteiger partial charge on any atom is -0.384 e. The molecule has 1 aliphatic heterocycles. The molecule has 1 saturated heterocycles. The van der Waals surface area contributed by atoms with Crippen LogP contribution in [-0.4, -0.2) is 35.0 Å². The second kappa shape index (κ2) is 5.19. The van der Waals surface area contributed by atoms with Crippen LogP contribution in [0, 0.1) is 5.41 Å². The molecule has 4 nitrogen and oxygen atoms in total. The largest absolute Gasteiger partial charge is 0.384 e. The van der Waals surface area contributed by atoms with Gasteiger partial charge in [-0.2, -0.15) is 0 Å². The molecule has 1 aliphatic rings. The minimum absolute atomic E-state index is 0.132. The van der Waals surface area contributed by atoms with Gasteiger partial charge < -0.3 is 10.5 Å². The smallest absolute Gasteiger partial charge is 0.123 e. The van der Waals surface area contributed by atoms with Crippen molar-refractivity contribution in [3.63, 3.8) is 0 Å². The lowest BCUT2D eigenvalue weighted by Crippen LogP contribution is -2.56. The molecular formula is C16H25N3O. The molecule has 0 atom stereocenters. The Morgan fingerprint density at radius 2 is 1.75 bits per heavy atom. The van der Waals surface area contributed by atoms with E-state index in [0.29, 0.717) is 0 Å². The summed E-state index contributed by atoms with van der Waals surface area (Å²) in [5, 5.41) is 7.68. The van der Waals surface area contributed by atoms with Gasteiger partial charge in [0, 0.05) is 25.2 Å². The Bertz CT molecular complexity index is 492. The van der Waals surface area contributed by atoms with Crippen LogP contribution in [0.1, 0.15) is 38.8 Å². The molecule has 0 bridgehead atoms. The number of ether oxygens (including phenoxy) is 1. The third-order valence-corrected chi connectivity index (χ3v) is 3.46. The van der Waals surface area contributed by atoms with Crippen LogP contribution in [0.3, 0.4) is 0 Å². The first-order chi connectivity index (χ1) is 9.19. The second-order valence-corrected chi connectivity index (χ2v) is 6.84. The Hall–Kier alpha value is -1.39. The molecule has 0 unspecified atom stereocenters. The van der Waals surface area contributed by atoms with Gasteiger partial charge in [0.15, 0.2) is 0 Å². The standard InChI is InChI=1S/C16H25N3O/c1-15(2)10-19(11-16(3,4)20-15)9-12-7-5-6-8-13(12)14(17)18/h5-8H,9-11H2,1-4H3,(H3,17,18). The van der Waals surface area contributed by atoms with Gasteiger partial charge in [-0.3, -0.25) is 10.3 Å². The number of amidine groups is 1. The number of morpholine rings is 1. The molecule has 0 aromatic heterocycles. The maximum Gasteiger partial charge on any atom is 0.123 e. The Labute approximate surface area is 121 Å².